The first-order valence-corrected chi connectivity index (χ1v) is 5.89. The van der Waals surface area contributed by atoms with Crippen LogP contribution in [0, 0.1) is 17.5 Å². The summed E-state index contributed by atoms with van der Waals surface area (Å²) < 4.78 is 38.7. The molecule has 0 unspecified atom stereocenters. The molecule has 20 heavy (non-hydrogen) atoms. The molecule has 0 aliphatic carbocycles. The summed E-state index contributed by atoms with van der Waals surface area (Å²) in [6, 6.07) is 4.94. The number of carbonyl (C=O) groups is 1. The largest absolute Gasteiger partial charge is 0.352 e. The van der Waals surface area contributed by atoms with Crippen LogP contribution in [-0.4, -0.2) is 17.4 Å². The fraction of sp³-hybridized carbons (Fsp3) is 0.143. The van der Waals surface area contributed by atoms with Crippen molar-refractivity contribution in [2.75, 3.05) is 6.54 Å². The van der Waals surface area contributed by atoms with E-state index in [1.54, 1.807) is 18.5 Å². The van der Waals surface area contributed by atoms with Gasteiger partial charge in [-0.1, -0.05) is 6.07 Å². The predicted molar refractivity (Wildman–Crippen MR) is 66.6 cm³/mol. The van der Waals surface area contributed by atoms with Gasteiger partial charge in [0.15, 0.2) is 17.5 Å². The molecule has 0 spiro atoms. The highest BCUT2D eigenvalue weighted by Crippen LogP contribution is 2.13. The Morgan fingerprint density at radius 3 is 2.50 bits per heavy atom. The Morgan fingerprint density at radius 2 is 1.90 bits per heavy atom. The van der Waals surface area contributed by atoms with Crippen molar-refractivity contribution in [2.45, 2.75) is 6.42 Å². The lowest BCUT2D eigenvalue weighted by Crippen LogP contribution is -2.26. The number of nitrogens with zero attached hydrogens (tertiary/aromatic N) is 1. The minimum atomic E-state index is -1.59. The average molecular weight is 280 g/mol. The van der Waals surface area contributed by atoms with E-state index in [1.807, 2.05) is 6.07 Å². The Morgan fingerprint density at radius 1 is 1.20 bits per heavy atom. The van der Waals surface area contributed by atoms with E-state index in [0.29, 0.717) is 18.6 Å². The molecule has 1 amide bonds. The van der Waals surface area contributed by atoms with Crippen LogP contribution in [0.5, 0.6) is 0 Å². The van der Waals surface area contributed by atoms with E-state index in [2.05, 4.69) is 10.3 Å². The van der Waals surface area contributed by atoms with Gasteiger partial charge in [0, 0.05) is 24.5 Å². The lowest BCUT2D eigenvalue weighted by atomic mass is 10.1. The van der Waals surface area contributed by atoms with E-state index in [4.69, 9.17) is 0 Å². The number of hydrogen-bond donors (Lipinski definition) is 1. The van der Waals surface area contributed by atoms with Crippen molar-refractivity contribution < 1.29 is 18.0 Å². The van der Waals surface area contributed by atoms with Crippen LogP contribution >= 0.6 is 0 Å². The molecule has 1 aromatic heterocycles. The molecule has 104 valence electrons. The molecule has 0 bridgehead atoms. The Bertz CT molecular complexity index is 594. The summed E-state index contributed by atoms with van der Waals surface area (Å²) in [5, 5.41) is 2.50. The summed E-state index contributed by atoms with van der Waals surface area (Å²) in [6.07, 6.45) is 3.82. The predicted octanol–water partition coefficient (Wildman–Crippen LogP) is 2.47. The first-order chi connectivity index (χ1) is 9.58. The molecule has 2 aromatic rings. The van der Waals surface area contributed by atoms with Gasteiger partial charge in [-0.3, -0.25) is 9.78 Å². The van der Waals surface area contributed by atoms with Gasteiger partial charge in [0.25, 0.3) is 5.91 Å². The van der Waals surface area contributed by atoms with Gasteiger partial charge in [0.2, 0.25) is 0 Å². The second-order valence-electron chi connectivity index (χ2n) is 4.12. The van der Waals surface area contributed by atoms with Crippen LogP contribution in [0.15, 0.2) is 36.7 Å². The Hall–Kier alpha value is -2.37. The van der Waals surface area contributed by atoms with Gasteiger partial charge in [0.1, 0.15) is 0 Å². The van der Waals surface area contributed by atoms with Crippen molar-refractivity contribution in [3.8, 4) is 0 Å². The molecule has 2 rings (SSSR count). The summed E-state index contributed by atoms with van der Waals surface area (Å²) in [7, 11) is 0. The highest BCUT2D eigenvalue weighted by Gasteiger charge is 2.14. The molecule has 6 heteroatoms. The maximum Gasteiger partial charge on any atom is 0.251 e. The number of rotatable bonds is 4. The second kappa shape index (κ2) is 6.18. The van der Waals surface area contributed by atoms with Gasteiger partial charge >= 0.3 is 0 Å². The number of hydrogen-bond acceptors (Lipinski definition) is 2. The summed E-state index contributed by atoms with van der Waals surface area (Å²) in [5.74, 6) is -5.02. The van der Waals surface area contributed by atoms with Crippen LogP contribution in [0.4, 0.5) is 13.2 Å². The van der Waals surface area contributed by atoms with E-state index in [-0.39, 0.29) is 12.1 Å². The van der Waals surface area contributed by atoms with E-state index in [0.717, 1.165) is 5.56 Å². The number of aromatic nitrogens is 1. The third-order valence-corrected chi connectivity index (χ3v) is 2.67. The van der Waals surface area contributed by atoms with E-state index in [1.165, 1.54) is 0 Å². The van der Waals surface area contributed by atoms with Gasteiger partial charge in [-0.05, 0) is 30.2 Å². The molecule has 0 aliphatic heterocycles. The van der Waals surface area contributed by atoms with E-state index >= 15 is 0 Å². The molecule has 0 saturated carbocycles. The number of pyridine rings is 1. The van der Waals surface area contributed by atoms with Gasteiger partial charge in [-0.15, -0.1) is 0 Å². The Kier molecular flexibility index (Phi) is 4.34. The third-order valence-electron chi connectivity index (χ3n) is 2.67. The fourth-order valence-corrected chi connectivity index (χ4v) is 1.66. The maximum absolute atomic E-state index is 13.0. The summed E-state index contributed by atoms with van der Waals surface area (Å²) in [5.41, 5.74) is 0.664. The fourth-order valence-electron chi connectivity index (χ4n) is 1.66. The number of amides is 1. The van der Waals surface area contributed by atoms with Crippen LogP contribution in [0.25, 0.3) is 0 Å². The zero-order valence-corrected chi connectivity index (χ0v) is 10.4. The van der Waals surface area contributed by atoms with E-state index in [9.17, 15) is 18.0 Å². The Labute approximate surface area is 113 Å². The molecule has 1 heterocycles. The molecule has 0 saturated heterocycles. The summed E-state index contributed by atoms with van der Waals surface area (Å²) >= 11 is 0. The van der Waals surface area contributed by atoms with Crippen molar-refractivity contribution in [3.63, 3.8) is 0 Å². The standard InChI is InChI=1S/C14H11F3N2O/c15-11-6-10(7-12(16)13(11)17)14(20)19-5-3-9-2-1-4-18-8-9/h1-2,4,6-8H,3,5H2,(H,19,20). The topological polar surface area (TPSA) is 42.0 Å². The van der Waals surface area contributed by atoms with Crippen LogP contribution in [0.1, 0.15) is 15.9 Å². The smallest absolute Gasteiger partial charge is 0.251 e. The molecule has 1 N–H and O–H groups in total. The van der Waals surface area contributed by atoms with Crippen LogP contribution in [0.2, 0.25) is 0 Å². The SMILES string of the molecule is O=C(NCCc1cccnc1)c1cc(F)c(F)c(F)c1. The van der Waals surface area contributed by atoms with Crippen molar-refractivity contribution in [3.05, 3.63) is 65.2 Å². The zero-order chi connectivity index (χ0) is 14.5. The average Bonchev–Trinajstić information content (AvgIpc) is 2.45. The Balaban J connectivity index is 1.95. The van der Waals surface area contributed by atoms with Gasteiger partial charge in [-0.2, -0.15) is 0 Å². The van der Waals surface area contributed by atoms with Crippen LogP contribution in [-0.2, 0) is 6.42 Å². The molecule has 0 atom stereocenters. The van der Waals surface area contributed by atoms with E-state index < -0.39 is 23.4 Å². The number of benzene rings is 1. The van der Waals surface area contributed by atoms with Crippen LogP contribution < -0.4 is 5.32 Å². The van der Waals surface area contributed by atoms with Gasteiger partial charge < -0.3 is 5.32 Å². The third kappa shape index (κ3) is 3.34. The van der Waals surface area contributed by atoms with Crippen molar-refractivity contribution in [2.24, 2.45) is 0 Å². The first kappa shape index (κ1) is 14.0. The summed E-state index contributed by atoms with van der Waals surface area (Å²) in [4.78, 5) is 15.6. The monoisotopic (exact) mass is 280 g/mol. The maximum atomic E-state index is 13.0. The molecule has 0 aliphatic rings. The van der Waals surface area contributed by atoms with Gasteiger partial charge in [0.05, 0.1) is 0 Å². The molecular weight excluding hydrogens is 269 g/mol. The number of halogens is 3. The molecule has 0 fully saturated rings. The summed E-state index contributed by atoms with van der Waals surface area (Å²) in [6.45, 7) is 0.283. The van der Waals surface area contributed by atoms with Crippen molar-refractivity contribution in [1.29, 1.82) is 0 Å². The molecule has 3 nitrogen and oxygen atoms in total. The lowest BCUT2D eigenvalue weighted by molar-refractivity contribution is 0.0953. The van der Waals surface area contributed by atoms with Crippen LogP contribution in [0.3, 0.4) is 0 Å². The molecular formula is C14H11F3N2O. The zero-order valence-electron chi connectivity index (χ0n) is 10.4. The highest BCUT2D eigenvalue weighted by molar-refractivity contribution is 5.94. The minimum absolute atomic E-state index is 0.257. The second-order valence-corrected chi connectivity index (χ2v) is 4.12. The van der Waals surface area contributed by atoms with Gasteiger partial charge in [-0.25, -0.2) is 13.2 Å². The first-order valence-electron chi connectivity index (χ1n) is 5.89. The minimum Gasteiger partial charge on any atom is -0.352 e. The lowest BCUT2D eigenvalue weighted by Gasteiger charge is -2.06. The molecule has 1 aromatic carbocycles. The number of nitrogens with one attached hydrogen (secondary N) is 1. The number of carbonyl (C=O) groups excluding carboxylic acids is 1. The molecule has 0 radical (unpaired) electrons. The van der Waals surface area contributed by atoms with Crippen molar-refractivity contribution >= 4 is 5.91 Å². The normalized spacial score (nSPS) is 10.3. The quantitative estimate of drug-likeness (QED) is 0.874. The van der Waals surface area contributed by atoms with Crippen molar-refractivity contribution in [1.82, 2.24) is 10.3 Å². The highest BCUT2D eigenvalue weighted by atomic mass is 19.2.